The van der Waals surface area contributed by atoms with Gasteiger partial charge in [-0.05, 0) is 36.3 Å². The van der Waals surface area contributed by atoms with Crippen LogP contribution in [0, 0.1) is 5.92 Å². The summed E-state index contributed by atoms with van der Waals surface area (Å²) >= 11 is 1.54. The second kappa shape index (κ2) is 7.78. The van der Waals surface area contributed by atoms with Crippen LogP contribution in [0.1, 0.15) is 18.9 Å². The molecule has 0 radical (unpaired) electrons. The molecule has 0 aromatic carbocycles. The van der Waals surface area contributed by atoms with Crippen molar-refractivity contribution < 1.29 is 20.1 Å². The first-order valence-electron chi connectivity index (χ1n) is 8.39. The highest BCUT2D eigenvalue weighted by atomic mass is 32.2. The van der Waals surface area contributed by atoms with Crippen molar-refractivity contribution in [2.45, 2.75) is 37.1 Å². The summed E-state index contributed by atoms with van der Waals surface area (Å²) in [6.07, 6.45) is 2.41. The fraction of sp³-hybridized carbons (Fsp3) is 0.562. The number of nitrogens with zero attached hydrogens (tertiary/aromatic N) is 3. The number of carboxylic acid groups (broad SMARTS) is 1. The van der Waals surface area contributed by atoms with E-state index < -0.39 is 24.2 Å². The second-order valence-electron chi connectivity index (χ2n) is 6.57. The Hall–Kier alpha value is -1.88. The molecule has 1 fully saturated rings. The number of nitrogens with two attached hydrogens (primary N) is 2. The van der Waals surface area contributed by atoms with Crippen LogP contribution >= 0.6 is 11.8 Å². The molecule has 5 atom stereocenters. The number of fused-ring (bicyclic) bond motifs is 1. The Morgan fingerprint density at radius 3 is 2.88 bits per heavy atom. The van der Waals surface area contributed by atoms with Gasteiger partial charge in [-0.3, -0.25) is 4.79 Å². The molecule has 3 rings (SSSR count). The number of rotatable bonds is 7. The number of aliphatic hydroxyl groups excluding tert-OH is 2. The molecule has 2 heterocycles. The second-order valence-corrected chi connectivity index (χ2v) is 7.72. The largest absolute Gasteiger partial charge is 0.480 e. The number of carboxylic acids is 1. The van der Waals surface area contributed by atoms with Crippen LogP contribution in [0.4, 0.5) is 5.82 Å². The van der Waals surface area contributed by atoms with Gasteiger partial charge in [-0.15, -0.1) is 0 Å². The van der Waals surface area contributed by atoms with Crippen LogP contribution in [0.5, 0.6) is 0 Å². The van der Waals surface area contributed by atoms with Crippen LogP contribution < -0.4 is 11.5 Å². The molecule has 10 heteroatoms. The SMILES string of the molecule is Nc1nccc2c1ncn2C1CC(CSCCC(N)C(=O)O)C(O)C1O. The lowest BCUT2D eigenvalue weighted by Crippen LogP contribution is -2.31. The standard InChI is InChI=1S/C16H23N5O4S/c17-9(16(24)25)2-4-26-6-8-5-11(14(23)13(8)22)21-7-20-12-10(21)1-3-19-15(12)18/h1,3,7-9,11,13-14,22-23H,2,4-6,17H2,(H2,18,19)(H,24,25). The van der Waals surface area contributed by atoms with Crippen molar-refractivity contribution in [1.29, 1.82) is 0 Å². The Morgan fingerprint density at radius 1 is 1.38 bits per heavy atom. The molecule has 0 spiro atoms. The minimum absolute atomic E-state index is 0.0994. The van der Waals surface area contributed by atoms with Crippen LogP contribution in [-0.4, -0.2) is 65.6 Å². The number of hydrogen-bond donors (Lipinski definition) is 5. The average molecular weight is 381 g/mol. The van der Waals surface area contributed by atoms with E-state index in [0.29, 0.717) is 35.7 Å². The number of hydrogen-bond acceptors (Lipinski definition) is 8. The predicted octanol–water partition coefficient (Wildman–Crippen LogP) is -0.169. The highest BCUT2D eigenvalue weighted by Gasteiger charge is 2.42. The maximum Gasteiger partial charge on any atom is 0.320 e. The maximum absolute atomic E-state index is 10.7. The number of aromatic nitrogens is 3. The van der Waals surface area contributed by atoms with Crippen molar-refractivity contribution in [3.05, 3.63) is 18.6 Å². The zero-order chi connectivity index (χ0) is 18.8. The predicted molar refractivity (Wildman–Crippen MR) is 98.7 cm³/mol. The molecule has 142 valence electrons. The van der Waals surface area contributed by atoms with Gasteiger partial charge in [0.1, 0.15) is 17.7 Å². The fourth-order valence-electron chi connectivity index (χ4n) is 3.36. The molecule has 0 bridgehead atoms. The highest BCUT2D eigenvalue weighted by molar-refractivity contribution is 7.99. The first-order valence-corrected chi connectivity index (χ1v) is 9.55. The summed E-state index contributed by atoms with van der Waals surface area (Å²) in [5.74, 6) is 0.432. The van der Waals surface area contributed by atoms with E-state index in [0.717, 1.165) is 5.52 Å². The molecule has 0 amide bonds. The van der Waals surface area contributed by atoms with Gasteiger partial charge < -0.3 is 31.4 Å². The number of anilines is 1. The third kappa shape index (κ3) is 3.63. The Balaban J connectivity index is 1.64. The first-order chi connectivity index (χ1) is 12.4. The van der Waals surface area contributed by atoms with E-state index in [2.05, 4.69) is 9.97 Å². The van der Waals surface area contributed by atoms with Gasteiger partial charge in [0.15, 0.2) is 5.82 Å². The molecule has 7 N–H and O–H groups in total. The van der Waals surface area contributed by atoms with Gasteiger partial charge in [0, 0.05) is 6.20 Å². The maximum atomic E-state index is 10.7. The molecule has 1 saturated carbocycles. The van der Waals surface area contributed by atoms with Crippen molar-refractivity contribution in [3.63, 3.8) is 0 Å². The van der Waals surface area contributed by atoms with Crippen LogP contribution in [-0.2, 0) is 4.79 Å². The molecular formula is C16H23N5O4S. The van der Waals surface area contributed by atoms with Crippen molar-refractivity contribution in [1.82, 2.24) is 14.5 Å². The van der Waals surface area contributed by atoms with E-state index in [1.54, 1.807) is 18.6 Å². The summed E-state index contributed by atoms with van der Waals surface area (Å²) in [6.45, 7) is 0. The molecule has 0 aliphatic heterocycles. The lowest BCUT2D eigenvalue weighted by atomic mass is 10.1. The van der Waals surface area contributed by atoms with Gasteiger partial charge in [0.2, 0.25) is 0 Å². The summed E-state index contributed by atoms with van der Waals surface area (Å²) in [4.78, 5) is 19.0. The molecular weight excluding hydrogens is 358 g/mol. The number of imidazole rings is 1. The Bertz CT molecular complexity index is 785. The van der Waals surface area contributed by atoms with Gasteiger partial charge in [-0.25, -0.2) is 9.97 Å². The number of aliphatic carboxylic acids is 1. The Morgan fingerprint density at radius 2 is 2.15 bits per heavy atom. The number of pyridine rings is 1. The molecule has 2 aromatic rings. The Kier molecular flexibility index (Phi) is 5.66. The van der Waals surface area contributed by atoms with E-state index >= 15 is 0 Å². The first kappa shape index (κ1) is 18.9. The topological polar surface area (TPSA) is 161 Å². The zero-order valence-electron chi connectivity index (χ0n) is 14.1. The smallest absolute Gasteiger partial charge is 0.320 e. The molecule has 1 aliphatic rings. The summed E-state index contributed by atoms with van der Waals surface area (Å²) in [5.41, 5.74) is 12.7. The van der Waals surface area contributed by atoms with Gasteiger partial charge in [0.25, 0.3) is 0 Å². The van der Waals surface area contributed by atoms with Crippen LogP contribution in [0.15, 0.2) is 18.6 Å². The van der Waals surface area contributed by atoms with Crippen molar-refractivity contribution in [2.24, 2.45) is 11.7 Å². The lowest BCUT2D eigenvalue weighted by molar-refractivity contribution is -0.138. The average Bonchev–Trinajstić information content (AvgIpc) is 3.15. The van der Waals surface area contributed by atoms with E-state index in [4.69, 9.17) is 16.6 Å². The van der Waals surface area contributed by atoms with E-state index in [9.17, 15) is 15.0 Å². The number of thioether (sulfide) groups is 1. The normalized spacial score (nSPS) is 27.0. The van der Waals surface area contributed by atoms with Crippen LogP contribution in [0.25, 0.3) is 11.0 Å². The Labute approximate surface area is 154 Å². The van der Waals surface area contributed by atoms with Gasteiger partial charge in [-0.1, -0.05) is 0 Å². The minimum atomic E-state index is -1.01. The summed E-state index contributed by atoms with van der Waals surface area (Å²) in [7, 11) is 0. The molecule has 5 unspecified atom stereocenters. The van der Waals surface area contributed by atoms with E-state index in [1.807, 2.05) is 4.57 Å². The molecule has 1 aliphatic carbocycles. The van der Waals surface area contributed by atoms with E-state index in [-0.39, 0.29) is 12.0 Å². The van der Waals surface area contributed by atoms with Crippen LogP contribution in [0.2, 0.25) is 0 Å². The molecule has 2 aromatic heterocycles. The van der Waals surface area contributed by atoms with Gasteiger partial charge in [0.05, 0.1) is 24.0 Å². The third-order valence-electron chi connectivity index (χ3n) is 4.87. The quantitative estimate of drug-likeness (QED) is 0.410. The van der Waals surface area contributed by atoms with E-state index in [1.165, 1.54) is 11.8 Å². The zero-order valence-corrected chi connectivity index (χ0v) is 14.9. The minimum Gasteiger partial charge on any atom is -0.480 e. The summed E-state index contributed by atoms with van der Waals surface area (Å²) in [6, 6.07) is 0.613. The van der Waals surface area contributed by atoms with Crippen molar-refractivity contribution >= 4 is 34.6 Å². The number of carbonyl (C=O) groups is 1. The monoisotopic (exact) mass is 381 g/mol. The van der Waals surface area contributed by atoms with Gasteiger partial charge >= 0.3 is 5.97 Å². The van der Waals surface area contributed by atoms with Crippen LogP contribution in [0.3, 0.4) is 0 Å². The molecule has 9 nitrogen and oxygen atoms in total. The summed E-state index contributed by atoms with van der Waals surface area (Å²) < 4.78 is 1.84. The molecule has 0 saturated heterocycles. The number of aliphatic hydroxyl groups is 2. The highest BCUT2D eigenvalue weighted by Crippen LogP contribution is 2.38. The van der Waals surface area contributed by atoms with Gasteiger partial charge in [-0.2, -0.15) is 11.8 Å². The van der Waals surface area contributed by atoms with Crippen molar-refractivity contribution in [2.75, 3.05) is 17.2 Å². The third-order valence-corrected chi connectivity index (χ3v) is 6.06. The summed E-state index contributed by atoms with van der Waals surface area (Å²) in [5, 5.41) is 29.7. The number of nitrogen functional groups attached to an aromatic ring is 1. The van der Waals surface area contributed by atoms with Crippen molar-refractivity contribution in [3.8, 4) is 0 Å². The lowest BCUT2D eigenvalue weighted by Gasteiger charge is -2.18. The fourth-order valence-corrected chi connectivity index (χ4v) is 4.58. The molecule has 26 heavy (non-hydrogen) atoms.